The minimum atomic E-state index is -0.239. The van der Waals surface area contributed by atoms with Gasteiger partial charge < -0.3 is 25.2 Å². The first-order chi connectivity index (χ1) is 13.4. The monoisotopic (exact) mass is 521 g/mol. The van der Waals surface area contributed by atoms with Crippen LogP contribution in [0, 0.1) is 5.82 Å². The number of nitrogens with one attached hydrogen (secondary N) is 2. The number of hydrogen-bond donors (Lipinski definition) is 2. The van der Waals surface area contributed by atoms with Crippen LogP contribution in [0.2, 0.25) is 0 Å². The van der Waals surface area contributed by atoms with E-state index in [0.29, 0.717) is 26.2 Å². The standard InChI is InChI=1S/C20H32FN5O2.HI/c1-5-28-20(27)26-12-10-17(11-13-26)24-19(22-2)23-14-18(25(3)4)15-6-8-16(21)9-7-15;/h6-9,17-18H,5,10-14H2,1-4H3,(H2,22,23,24);1H. The molecule has 0 spiro atoms. The van der Waals surface area contributed by atoms with E-state index in [-0.39, 0.29) is 48.0 Å². The second kappa shape index (κ2) is 12.8. The van der Waals surface area contributed by atoms with Crippen LogP contribution in [0.4, 0.5) is 9.18 Å². The zero-order chi connectivity index (χ0) is 20.5. The lowest BCUT2D eigenvalue weighted by Crippen LogP contribution is -2.50. The number of benzene rings is 1. The number of carbonyl (C=O) groups excluding carboxylic acids is 1. The van der Waals surface area contributed by atoms with Crippen LogP contribution in [-0.4, -0.2) is 75.3 Å². The number of hydrogen-bond acceptors (Lipinski definition) is 4. The molecule has 1 aromatic carbocycles. The smallest absolute Gasteiger partial charge is 0.409 e. The molecule has 1 amide bonds. The highest BCUT2D eigenvalue weighted by atomic mass is 127. The number of guanidine groups is 1. The van der Waals surface area contributed by atoms with Crippen molar-refractivity contribution in [1.82, 2.24) is 20.4 Å². The van der Waals surface area contributed by atoms with E-state index in [2.05, 4.69) is 20.5 Å². The van der Waals surface area contributed by atoms with Crippen LogP contribution in [-0.2, 0) is 4.74 Å². The van der Waals surface area contributed by atoms with Crippen LogP contribution in [0.3, 0.4) is 0 Å². The number of carbonyl (C=O) groups is 1. The van der Waals surface area contributed by atoms with Gasteiger partial charge in [0.2, 0.25) is 0 Å². The Morgan fingerprint density at radius 2 is 1.93 bits per heavy atom. The molecular weight excluding hydrogens is 488 g/mol. The summed E-state index contributed by atoms with van der Waals surface area (Å²) in [4.78, 5) is 19.9. The van der Waals surface area contributed by atoms with Gasteiger partial charge in [0, 0.05) is 32.7 Å². The summed E-state index contributed by atoms with van der Waals surface area (Å²) in [6, 6.07) is 6.92. The maximum atomic E-state index is 13.2. The minimum absolute atomic E-state index is 0. The van der Waals surface area contributed by atoms with Gasteiger partial charge in [-0.1, -0.05) is 12.1 Å². The lowest BCUT2D eigenvalue weighted by atomic mass is 10.1. The normalized spacial score (nSPS) is 16.2. The Hall–Kier alpha value is -1.62. The molecule has 29 heavy (non-hydrogen) atoms. The Morgan fingerprint density at radius 3 is 2.45 bits per heavy atom. The van der Waals surface area contributed by atoms with Crippen LogP contribution in [0.25, 0.3) is 0 Å². The van der Waals surface area contributed by atoms with Crippen molar-refractivity contribution >= 4 is 36.0 Å². The van der Waals surface area contributed by atoms with Gasteiger partial charge in [0.1, 0.15) is 5.82 Å². The van der Waals surface area contributed by atoms with E-state index in [9.17, 15) is 9.18 Å². The van der Waals surface area contributed by atoms with E-state index in [1.807, 2.05) is 33.2 Å². The molecule has 1 aliphatic heterocycles. The summed E-state index contributed by atoms with van der Waals surface area (Å²) in [6.07, 6.45) is 1.44. The average Bonchev–Trinajstić information content (AvgIpc) is 2.69. The van der Waals surface area contributed by atoms with Crippen molar-refractivity contribution in [2.24, 2.45) is 4.99 Å². The maximum Gasteiger partial charge on any atom is 0.409 e. The first kappa shape index (κ1) is 25.4. The van der Waals surface area contributed by atoms with Crippen LogP contribution in [0.5, 0.6) is 0 Å². The highest BCUT2D eigenvalue weighted by Gasteiger charge is 2.24. The van der Waals surface area contributed by atoms with Crippen molar-refractivity contribution in [2.45, 2.75) is 31.8 Å². The molecule has 9 heteroatoms. The van der Waals surface area contributed by atoms with E-state index in [1.165, 1.54) is 12.1 Å². The van der Waals surface area contributed by atoms with E-state index < -0.39 is 0 Å². The molecule has 0 aliphatic carbocycles. The number of piperidine rings is 1. The number of rotatable bonds is 6. The molecule has 1 atom stereocenters. The molecule has 2 N–H and O–H groups in total. The SMILES string of the molecule is CCOC(=O)N1CCC(NC(=NC)NCC(c2ccc(F)cc2)N(C)C)CC1.I. The highest BCUT2D eigenvalue weighted by Crippen LogP contribution is 2.18. The molecule has 0 radical (unpaired) electrons. The largest absolute Gasteiger partial charge is 0.450 e. The number of nitrogens with zero attached hydrogens (tertiary/aromatic N) is 3. The molecule has 2 rings (SSSR count). The van der Waals surface area contributed by atoms with Gasteiger partial charge in [-0.05, 0) is 51.6 Å². The topological polar surface area (TPSA) is 69.2 Å². The zero-order valence-corrected chi connectivity index (χ0v) is 20.0. The molecule has 0 aromatic heterocycles. The number of likely N-dealkylation sites (tertiary alicyclic amines) is 1. The first-order valence-electron chi connectivity index (χ1n) is 9.75. The lowest BCUT2D eigenvalue weighted by Gasteiger charge is -2.33. The van der Waals surface area contributed by atoms with Crippen molar-refractivity contribution in [3.05, 3.63) is 35.6 Å². The minimum Gasteiger partial charge on any atom is -0.450 e. The van der Waals surface area contributed by atoms with Crippen molar-refractivity contribution in [3.63, 3.8) is 0 Å². The fraction of sp³-hybridized carbons (Fsp3) is 0.600. The van der Waals surface area contributed by atoms with Crippen molar-refractivity contribution < 1.29 is 13.9 Å². The first-order valence-corrected chi connectivity index (χ1v) is 9.75. The molecule has 1 fully saturated rings. The number of amides is 1. The molecule has 1 heterocycles. The van der Waals surface area contributed by atoms with Gasteiger partial charge in [-0.25, -0.2) is 9.18 Å². The van der Waals surface area contributed by atoms with E-state index in [0.717, 1.165) is 24.4 Å². The predicted octanol–water partition coefficient (Wildman–Crippen LogP) is 2.83. The van der Waals surface area contributed by atoms with Gasteiger partial charge in [-0.15, -0.1) is 24.0 Å². The number of likely N-dealkylation sites (N-methyl/N-ethyl adjacent to an activating group) is 1. The molecule has 1 aliphatic rings. The highest BCUT2D eigenvalue weighted by molar-refractivity contribution is 14.0. The predicted molar refractivity (Wildman–Crippen MR) is 124 cm³/mol. The summed E-state index contributed by atoms with van der Waals surface area (Å²) in [5, 5.41) is 6.80. The van der Waals surface area contributed by atoms with Gasteiger partial charge in [0.15, 0.2) is 5.96 Å². The Morgan fingerprint density at radius 1 is 1.31 bits per heavy atom. The molecule has 0 bridgehead atoms. The number of aliphatic imine (C=N–C) groups is 1. The van der Waals surface area contributed by atoms with Crippen LogP contribution >= 0.6 is 24.0 Å². The fourth-order valence-corrected chi connectivity index (χ4v) is 3.29. The van der Waals surface area contributed by atoms with Crippen LogP contribution < -0.4 is 10.6 Å². The quantitative estimate of drug-likeness (QED) is 0.343. The van der Waals surface area contributed by atoms with Gasteiger partial charge >= 0.3 is 6.09 Å². The maximum absolute atomic E-state index is 13.2. The summed E-state index contributed by atoms with van der Waals surface area (Å²) in [7, 11) is 5.74. The number of ether oxygens (including phenoxy) is 1. The second-order valence-corrected chi connectivity index (χ2v) is 7.09. The van der Waals surface area contributed by atoms with Gasteiger partial charge in [-0.3, -0.25) is 4.99 Å². The van der Waals surface area contributed by atoms with E-state index >= 15 is 0 Å². The zero-order valence-electron chi connectivity index (χ0n) is 17.7. The third-order valence-electron chi connectivity index (χ3n) is 4.93. The van der Waals surface area contributed by atoms with Gasteiger partial charge in [0.25, 0.3) is 0 Å². The van der Waals surface area contributed by atoms with E-state index in [4.69, 9.17) is 4.74 Å². The lowest BCUT2D eigenvalue weighted by molar-refractivity contribution is 0.0963. The third-order valence-corrected chi connectivity index (χ3v) is 4.93. The summed E-state index contributed by atoms with van der Waals surface area (Å²) in [5.41, 5.74) is 1.04. The summed E-state index contributed by atoms with van der Waals surface area (Å²) in [5.74, 6) is 0.490. The van der Waals surface area contributed by atoms with E-state index in [1.54, 1.807) is 11.9 Å². The van der Waals surface area contributed by atoms with Crippen LogP contribution in [0.1, 0.15) is 31.4 Å². The molecule has 1 saturated heterocycles. The molecule has 164 valence electrons. The Balaban J connectivity index is 0.00000420. The fourth-order valence-electron chi connectivity index (χ4n) is 3.29. The van der Waals surface area contributed by atoms with Crippen molar-refractivity contribution in [1.29, 1.82) is 0 Å². The van der Waals surface area contributed by atoms with Gasteiger partial charge in [0.05, 0.1) is 12.6 Å². The average molecular weight is 521 g/mol. The molecular formula is C20H33FIN5O2. The Labute approximate surface area is 190 Å². The Kier molecular flexibility index (Phi) is 11.3. The molecule has 1 unspecified atom stereocenters. The molecule has 7 nitrogen and oxygen atoms in total. The summed E-state index contributed by atoms with van der Waals surface area (Å²) >= 11 is 0. The summed E-state index contributed by atoms with van der Waals surface area (Å²) in [6.45, 7) is 4.19. The second-order valence-electron chi connectivity index (χ2n) is 7.09. The Bertz CT molecular complexity index is 649. The number of halogens is 2. The molecule has 1 aromatic rings. The molecule has 0 saturated carbocycles. The van der Waals surface area contributed by atoms with Crippen molar-refractivity contribution in [2.75, 3.05) is 47.4 Å². The van der Waals surface area contributed by atoms with Crippen molar-refractivity contribution in [3.8, 4) is 0 Å². The van der Waals surface area contributed by atoms with Gasteiger partial charge in [-0.2, -0.15) is 0 Å². The van der Waals surface area contributed by atoms with Crippen LogP contribution in [0.15, 0.2) is 29.3 Å². The summed E-state index contributed by atoms with van der Waals surface area (Å²) < 4.78 is 18.3. The third kappa shape index (κ3) is 7.96.